The first-order valence-electron chi connectivity index (χ1n) is 7.49. The molecule has 0 amide bonds. The van der Waals surface area contributed by atoms with E-state index >= 15 is 0 Å². The number of nitrogens with one attached hydrogen (secondary N) is 1. The van der Waals surface area contributed by atoms with Crippen molar-refractivity contribution in [2.75, 3.05) is 19.7 Å². The van der Waals surface area contributed by atoms with Crippen LogP contribution in [-0.4, -0.2) is 25.7 Å². The van der Waals surface area contributed by atoms with E-state index in [1.807, 2.05) is 24.3 Å². The summed E-state index contributed by atoms with van der Waals surface area (Å²) >= 11 is 1.76. The molecular weight excluding hydrogens is 294 g/mol. The molecule has 2 aromatic rings. The van der Waals surface area contributed by atoms with E-state index in [2.05, 4.69) is 34.7 Å². The fraction of sp³-hybridized carbons (Fsp3) is 0.353. The van der Waals surface area contributed by atoms with E-state index in [0.29, 0.717) is 19.1 Å². The second kappa shape index (κ2) is 9.10. The number of nitrogens with zero attached hydrogens (tertiary/aromatic N) is 1. The standard InChI is InChI=1S/C17H23N3OS/c1-14-5-7-15(8-6-14)21-12-3-10-19-17(18)20-11-9-16-4-2-13-22-16/h2,4-8,13H,3,9-12H2,1H3,(H3,18,19,20). The number of benzene rings is 1. The van der Waals surface area contributed by atoms with Gasteiger partial charge in [-0.25, -0.2) is 0 Å². The number of rotatable bonds is 8. The minimum Gasteiger partial charge on any atom is -0.494 e. The molecule has 5 heteroatoms. The van der Waals surface area contributed by atoms with Gasteiger partial charge in [-0.1, -0.05) is 23.8 Å². The van der Waals surface area contributed by atoms with Crippen LogP contribution in [0.4, 0.5) is 0 Å². The molecule has 0 aliphatic heterocycles. The van der Waals surface area contributed by atoms with Gasteiger partial charge in [0.1, 0.15) is 5.75 Å². The summed E-state index contributed by atoms with van der Waals surface area (Å²) in [7, 11) is 0. The Kier molecular flexibility index (Phi) is 6.77. The quantitative estimate of drug-likeness (QED) is 0.447. The monoisotopic (exact) mass is 317 g/mol. The predicted octanol–water partition coefficient (Wildman–Crippen LogP) is 2.97. The van der Waals surface area contributed by atoms with Crippen molar-refractivity contribution < 1.29 is 4.74 Å². The average Bonchev–Trinajstić information content (AvgIpc) is 3.02. The third-order valence-electron chi connectivity index (χ3n) is 3.13. The highest BCUT2D eigenvalue weighted by Gasteiger charge is 1.96. The smallest absolute Gasteiger partial charge is 0.188 e. The van der Waals surface area contributed by atoms with Crippen molar-refractivity contribution in [2.24, 2.45) is 10.7 Å². The van der Waals surface area contributed by atoms with Crippen LogP contribution < -0.4 is 15.8 Å². The Balaban J connectivity index is 1.55. The Hall–Kier alpha value is -2.01. The van der Waals surface area contributed by atoms with E-state index in [1.165, 1.54) is 10.4 Å². The van der Waals surface area contributed by atoms with Crippen LogP contribution in [0.2, 0.25) is 0 Å². The summed E-state index contributed by atoms with van der Waals surface area (Å²) in [5.41, 5.74) is 7.06. The van der Waals surface area contributed by atoms with E-state index in [1.54, 1.807) is 11.3 Å². The van der Waals surface area contributed by atoms with Gasteiger partial charge < -0.3 is 15.8 Å². The Morgan fingerprint density at radius 1 is 1.27 bits per heavy atom. The highest BCUT2D eigenvalue weighted by atomic mass is 32.1. The third kappa shape index (κ3) is 6.18. The second-order valence-electron chi connectivity index (χ2n) is 5.04. The van der Waals surface area contributed by atoms with Crippen LogP contribution in [-0.2, 0) is 6.42 Å². The Bertz CT molecular complexity index is 564. The maximum atomic E-state index is 5.82. The predicted molar refractivity (Wildman–Crippen MR) is 93.8 cm³/mol. The van der Waals surface area contributed by atoms with Gasteiger partial charge in [-0.05, 0) is 36.9 Å². The first-order chi connectivity index (χ1) is 10.7. The minimum atomic E-state index is 0.506. The van der Waals surface area contributed by atoms with E-state index in [4.69, 9.17) is 10.5 Å². The van der Waals surface area contributed by atoms with Crippen LogP contribution in [0.15, 0.2) is 46.8 Å². The molecule has 0 aliphatic carbocycles. The molecule has 0 atom stereocenters. The summed E-state index contributed by atoms with van der Waals surface area (Å²) in [6.07, 6.45) is 1.83. The number of aliphatic imine (C=N–C) groups is 1. The molecule has 1 aromatic carbocycles. The van der Waals surface area contributed by atoms with Crippen molar-refractivity contribution in [1.82, 2.24) is 5.32 Å². The van der Waals surface area contributed by atoms with Crippen molar-refractivity contribution in [1.29, 1.82) is 0 Å². The fourth-order valence-corrected chi connectivity index (χ4v) is 2.62. The first-order valence-corrected chi connectivity index (χ1v) is 8.37. The summed E-state index contributed by atoms with van der Waals surface area (Å²) in [6, 6.07) is 12.2. The van der Waals surface area contributed by atoms with Crippen molar-refractivity contribution in [2.45, 2.75) is 19.8 Å². The van der Waals surface area contributed by atoms with Crippen LogP contribution in [0.5, 0.6) is 5.75 Å². The molecular formula is C17H23N3OS. The zero-order valence-electron chi connectivity index (χ0n) is 12.9. The van der Waals surface area contributed by atoms with Crippen LogP contribution in [0.25, 0.3) is 0 Å². The summed E-state index contributed by atoms with van der Waals surface area (Å²) < 4.78 is 5.64. The molecule has 0 saturated carbocycles. The molecule has 0 saturated heterocycles. The summed E-state index contributed by atoms with van der Waals surface area (Å²) in [5.74, 6) is 1.41. The van der Waals surface area contributed by atoms with Gasteiger partial charge in [0.05, 0.1) is 6.61 Å². The molecule has 2 rings (SSSR count). The normalized spacial score (nSPS) is 11.4. The van der Waals surface area contributed by atoms with Gasteiger partial charge in [0.15, 0.2) is 5.96 Å². The lowest BCUT2D eigenvalue weighted by Crippen LogP contribution is -2.33. The molecule has 118 valence electrons. The van der Waals surface area contributed by atoms with E-state index in [9.17, 15) is 0 Å². The van der Waals surface area contributed by atoms with Gasteiger partial charge in [0.2, 0.25) is 0 Å². The average molecular weight is 317 g/mol. The number of hydrogen-bond acceptors (Lipinski definition) is 3. The Labute approximate surface area is 136 Å². The lowest BCUT2D eigenvalue weighted by molar-refractivity contribution is 0.313. The maximum absolute atomic E-state index is 5.82. The van der Waals surface area contributed by atoms with E-state index < -0.39 is 0 Å². The highest BCUT2D eigenvalue weighted by molar-refractivity contribution is 7.09. The van der Waals surface area contributed by atoms with Crippen LogP contribution in [0.3, 0.4) is 0 Å². The van der Waals surface area contributed by atoms with Gasteiger partial charge >= 0.3 is 0 Å². The largest absolute Gasteiger partial charge is 0.494 e. The molecule has 0 bridgehead atoms. The number of guanidine groups is 1. The van der Waals surface area contributed by atoms with Crippen molar-refractivity contribution in [3.8, 4) is 5.75 Å². The molecule has 1 aromatic heterocycles. The zero-order valence-corrected chi connectivity index (χ0v) is 13.7. The number of nitrogens with two attached hydrogens (primary N) is 1. The molecule has 0 spiro atoms. The third-order valence-corrected chi connectivity index (χ3v) is 4.07. The van der Waals surface area contributed by atoms with Crippen molar-refractivity contribution >= 4 is 17.3 Å². The SMILES string of the molecule is Cc1ccc(OCCCN=C(N)NCCc2cccs2)cc1. The van der Waals surface area contributed by atoms with Gasteiger partial charge in [0.25, 0.3) is 0 Å². The molecule has 22 heavy (non-hydrogen) atoms. The Morgan fingerprint density at radius 3 is 2.82 bits per heavy atom. The Morgan fingerprint density at radius 2 is 2.09 bits per heavy atom. The molecule has 0 radical (unpaired) electrons. The van der Waals surface area contributed by atoms with E-state index in [-0.39, 0.29) is 0 Å². The van der Waals surface area contributed by atoms with Crippen LogP contribution in [0.1, 0.15) is 16.9 Å². The molecule has 0 fully saturated rings. The number of hydrogen-bond donors (Lipinski definition) is 2. The summed E-state index contributed by atoms with van der Waals surface area (Å²) in [5, 5.41) is 5.21. The number of ether oxygens (including phenoxy) is 1. The van der Waals surface area contributed by atoms with Gasteiger partial charge in [-0.2, -0.15) is 0 Å². The molecule has 4 nitrogen and oxygen atoms in total. The fourth-order valence-electron chi connectivity index (χ4n) is 1.91. The topological polar surface area (TPSA) is 59.6 Å². The number of thiophene rings is 1. The molecule has 1 heterocycles. The molecule has 0 aliphatic rings. The summed E-state index contributed by atoms with van der Waals surface area (Å²) in [6.45, 7) is 4.20. The van der Waals surface area contributed by atoms with Crippen molar-refractivity contribution in [3.63, 3.8) is 0 Å². The zero-order chi connectivity index (χ0) is 15.6. The van der Waals surface area contributed by atoms with E-state index in [0.717, 1.165) is 25.1 Å². The molecule has 3 N–H and O–H groups in total. The van der Waals surface area contributed by atoms with Gasteiger partial charge in [0, 0.05) is 24.4 Å². The molecule has 0 unspecified atom stereocenters. The lowest BCUT2D eigenvalue weighted by Gasteiger charge is -2.06. The lowest BCUT2D eigenvalue weighted by atomic mass is 10.2. The van der Waals surface area contributed by atoms with Gasteiger partial charge in [-0.3, -0.25) is 4.99 Å². The number of aryl methyl sites for hydroxylation is 1. The van der Waals surface area contributed by atoms with Crippen LogP contribution in [0, 0.1) is 6.92 Å². The maximum Gasteiger partial charge on any atom is 0.188 e. The van der Waals surface area contributed by atoms with Gasteiger partial charge in [-0.15, -0.1) is 11.3 Å². The first kappa shape index (κ1) is 16.4. The minimum absolute atomic E-state index is 0.506. The van der Waals surface area contributed by atoms with Crippen LogP contribution >= 0.6 is 11.3 Å². The van der Waals surface area contributed by atoms with Crippen molar-refractivity contribution in [3.05, 3.63) is 52.2 Å². The highest BCUT2D eigenvalue weighted by Crippen LogP contribution is 2.11. The summed E-state index contributed by atoms with van der Waals surface area (Å²) in [4.78, 5) is 5.65. The second-order valence-corrected chi connectivity index (χ2v) is 6.07.